The minimum Gasteiger partial charge on any atom is -0.353 e. The molecule has 0 aromatic carbocycles. The maximum atomic E-state index is 12.8. The van der Waals surface area contributed by atoms with Crippen LogP contribution in [-0.4, -0.2) is 39.6 Å². The van der Waals surface area contributed by atoms with Gasteiger partial charge in [-0.1, -0.05) is 37.0 Å². The summed E-state index contributed by atoms with van der Waals surface area (Å²) in [6.45, 7) is 3.34. The lowest BCUT2D eigenvalue weighted by atomic mass is 9.96. The van der Waals surface area contributed by atoms with Gasteiger partial charge in [-0.25, -0.2) is 4.98 Å². The van der Waals surface area contributed by atoms with E-state index in [1.165, 1.54) is 47.6 Å². The van der Waals surface area contributed by atoms with Crippen molar-refractivity contribution in [1.29, 1.82) is 0 Å². The maximum absolute atomic E-state index is 12.8. The molecule has 1 atom stereocenters. The zero-order valence-corrected chi connectivity index (χ0v) is 16.6. The van der Waals surface area contributed by atoms with Crippen LogP contribution < -0.4 is 15.8 Å². The zero-order valence-electron chi connectivity index (χ0n) is 15.8. The van der Waals surface area contributed by atoms with Gasteiger partial charge in [0.2, 0.25) is 16.0 Å². The topological polar surface area (TPSA) is 79.6 Å². The molecule has 27 heavy (non-hydrogen) atoms. The predicted octanol–water partition coefficient (Wildman–Crippen LogP) is 2.51. The number of hydrogen-bond acceptors (Lipinski definition) is 6. The Morgan fingerprint density at radius 3 is 2.74 bits per heavy atom. The maximum Gasteiger partial charge on any atom is 0.275 e. The molecular formula is C19H27N5O2S. The van der Waals surface area contributed by atoms with E-state index in [4.69, 9.17) is 0 Å². The molecule has 3 heterocycles. The number of hydrogen-bond donors (Lipinski definition) is 1. The van der Waals surface area contributed by atoms with Gasteiger partial charge >= 0.3 is 0 Å². The largest absolute Gasteiger partial charge is 0.353 e. The molecule has 1 amide bonds. The third-order valence-electron chi connectivity index (χ3n) is 5.63. The Hall–Kier alpha value is -1.96. The Morgan fingerprint density at radius 2 is 1.96 bits per heavy atom. The number of rotatable bonds is 3. The van der Waals surface area contributed by atoms with Crippen LogP contribution in [0, 0.1) is 12.8 Å². The fraction of sp³-hybridized carbons (Fsp3) is 0.684. The summed E-state index contributed by atoms with van der Waals surface area (Å²) in [4.78, 5) is 32.1. The van der Waals surface area contributed by atoms with E-state index in [-0.39, 0.29) is 17.4 Å². The second-order valence-electron chi connectivity index (χ2n) is 7.80. The van der Waals surface area contributed by atoms with Crippen molar-refractivity contribution in [3.63, 3.8) is 0 Å². The van der Waals surface area contributed by atoms with Gasteiger partial charge in [-0.05, 0) is 32.6 Å². The normalized spacial score (nSPS) is 22.0. The number of aromatic nitrogens is 3. The van der Waals surface area contributed by atoms with Crippen LogP contribution in [0.5, 0.6) is 0 Å². The van der Waals surface area contributed by atoms with Crippen LogP contribution >= 0.6 is 11.3 Å². The van der Waals surface area contributed by atoms with Crippen molar-refractivity contribution >= 4 is 27.3 Å². The van der Waals surface area contributed by atoms with Gasteiger partial charge in [0.05, 0.1) is 5.92 Å². The highest BCUT2D eigenvalue weighted by atomic mass is 32.1. The van der Waals surface area contributed by atoms with Gasteiger partial charge < -0.3 is 10.2 Å². The number of amides is 1. The standard InChI is InChI=1S/C19H27N5O2S/c1-13-11-16(25)24-18(20-13)27-19(22-24)23-10-6-7-14(12-23)17(26)21-15-8-4-2-3-5-9-15/h11,14-15H,2-10,12H2,1H3,(H,21,26)/t14-/m0/s1. The number of nitrogens with one attached hydrogen (secondary N) is 1. The Morgan fingerprint density at radius 1 is 1.19 bits per heavy atom. The number of nitrogens with zero attached hydrogens (tertiary/aromatic N) is 4. The first-order valence-corrected chi connectivity index (χ1v) is 10.8. The van der Waals surface area contributed by atoms with Crippen molar-refractivity contribution in [3.8, 4) is 0 Å². The average molecular weight is 390 g/mol. The van der Waals surface area contributed by atoms with Crippen molar-refractivity contribution in [2.75, 3.05) is 18.0 Å². The fourth-order valence-electron chi connectivity index (χ4n) is 4.15. The molecule has 1 aliphatic heterocycles. The summed E-state index contributed by atoms with van der Waals surface area (Å²) in [6, 6.07) is 1.83. The second-order valence-corrected chi connectivity index (χ2v) is 8.73. The molecule has 146 valence electrons. The highest BCUT2D eigenvalue weighted by Gasteiger charge is 2.29. The predicted molar refractivity (Wildman–Crippen MR) is 106 cm³/mol. The first kappa shape index (κ1) is 18.4. The molecule has 1 saturated carbocycles. The Balaban J connectivity index is 1.45. The minimum absolute atomic E-state index is 0.0135. The number of fused-ring (bicyclic) bond motifs is 1. The van der Waals surface area contributed by atoms with Gasteiger partial charge in [-0.15, -0.1) is 5.10 Å². The van der Waals surface area contributed by atoms with Crippen LogP contribution in [0.4, 0.5) is 5.13 Å². The van der Waals surface area contributed by atoms with Gasteiger partial charge in [-0.2, -0.15) is 4.52 Å². The van der Waals surface area contributed by atoms with Crippen molar-refractivity contribution in [2.24, 2.45) is 5.92 Å². The van der Waals surface area contributed by atoms with Gasteiger partial charge in [0.1, 0.15) is 0 Å². The van der Waals surface area contributed by atoms with E-state index in [1.807, 2.05) is 6.92 Å². The Kier molecular flexibility index (Phi) is 5.43. The summed E-state index contributed by atoms with van der Waals surface area (Å²) in [7, 11) is 0. The lowest BCUT2D eigenvalue weighted by Crippen LogP contribution is -2.46. The molecule has 8 heteroatoms. The second kappa shape index (κ2) is 7.96. The van der Waals surface area contributed by atoms with Gasteiger partial charge in [0, 0.05) is 30.9 Å². The van der Waals surface area contributed by atoms with Crippen LogP contribution in [0.3, 0.4) is 0 Å². The molecule has 1 N–H and O–H groups in total. The molecule has 2 aliphatic rings. The van der Waals surface area contributed by atoms with Crippen LogP contribution in [-0.2, 0) is 4.79 Å². The van der Waals surface area contributed by atoms with Crippen molar-refractivity contribution in [1.82, 2.24) is 19.9 Å². The van der Waals surface area contributed by atoms with Crippen molar-refractivity contribution in [2.45, 2.75) is 64.3 Å². The smallest absolute Gasteiger partial charge is 0.275 e. The van der Waals surface area contributed by atoms with E-state index in [2.05, 4.69) is 20.3 Å². The number of aryl methyl sites for hydroxylation is 1. The van der Waals surface area contributed by atoms with Crippen LogP contribution in [0.1, 0.15) is 57.1 Å². The SMILES string of the molecule is Cc1cc(=O)n2nc(N3CCC[C@H](C(=O)NC4CCCCCC4)C3)sc2n1. The summed E-state index contributed by atoms with van der Waals surface area (Å²) in [5.74, 6) is 0.166. The number of piperidine rings is 1. The van der Waals surface area contributed by atoms with Crippen LogP contribution in [0.15, 0.2) is 10.9 Å². The molecular weight excluding hydrogens is 362 g/mol. The van der Waals surface area contributed by atoms with E-state index < -0.39 is 0 Å². The first-order valence-electron chi connectivity index (χ1n) is 10.0. The van der Waals surface area contributed by atoms with Crippen molar-refractivity contribution in [3.05, 3.63) is 22.1 Å². The molecule has 1 saturated heterocycles. The molecule has 7 nitrogen and oxygen atoms in total. The van der Waals surface area contributed by atoms with Gasteiger partial charge in [0.25, 0.3) is 5.56 Å². The first-order chi connectivity index (χ1) is 13.1. The van der Waals surface area contributed by atoms with Crippen molar-refractivity contribution < 1.29 is 4.79 Å². The van der Waals surface area contributed by atoms with E-state index in [9.17, 15) is 9.59 Å². The third kappa shape index (κ3) is 4.15. The quantitative estimate of drug-likeness (QED) is 0.816. The van der Waals surface area contributed by atoms with E-state index in [0.29, 0.717) is 23.2 Å². The lowest BCUT2D eigenvalue weighted by Gasteiger charge is -2.32. The minimum atomic E-state index is -0.153. The number of anilines is 1. The summed E-state index contributed by atoms with van der Waals surface area (Å²) >= 11 is 1.42. The summed E-state index contributed by atoms with van der Waals surface area (Å²) in [6.07, 6.45) is 9.09. The molecule has 1 aliphatic carbocycles. The van der Waals surface area contributed by atoms with E-state index in [0.717, 1.165) is 37.4 Å². The molecule has 2 fully saturated rings. The Labute approximate surface area is 162 Å². The fourth-order valence-corrected chi connectivity index (χ4v) is 5.13. The highest BCUT2D eigenvalue weighted by Crippen LogP contribution is 2.27. The highest BCUT2D eigenvalue weighted by molar-refractivity contribution is 7.20. The molecule has 0 radical (unpaired) electrons. The molecule has 2 aromatic heterocycles. The van der Waals surface area contributed by atoms with E-state index >= 15 is 0 Å². The monoisotopic (exact) mass is 389 g/mol. The third-order valence-corrected chi connectivity index (χ3v) is 6.60. The average Bonchev–Trinajstić information content (AvgIpc) is 2.92. The molecule has 0 spiro atoms. The molecule has 0 unspecified atom stereocenters. The van der Waals surface area contributed by atoms with Gasteiger partial charge in [-0.3, -0.25) is 9.59 Å². The summed E-state index contributed by atoms with van der Waals surface area (Å²) in [5, 5.41) is 8.52. The van der Waals surface area contributed by atoms with Crippen LogP contribution in [0.2, 0.25) is 0 Å². The lowest BCUT2D eigenvalue weighted by molar-refractivity contribution is -0.126. The van der Waals surface area contributed by atoms with Gasteiger partial charge in [0.15, 0.2) is 0 Å². The molecule has 2 aromatic rings. The number of carbonyl (C=O) groups excluding carboxylic acids is 1. The number of carbonyl (C=O) groups is 1. The molecule has 0 bridgehead atoms. The zero-order chi connectivity index (χ0) is 18.8. The summed E-state index contributed by atoms with van der Waals surface area (Å²) < 4.78 is 1.36. The summed E-state index contributed by atoms with van der Waals surface area (Å²) in [5.41, 5.74) is 0.550. The van der Waals surface area contributed by atoms with Crippen LogP contribution in [0.25, 0.3) is 4.96 Å². The van der Waals surface area contributed by atoms with E-state index in [1.54, 1.807) is 0 Å². The molecule has 4 rings (SSSR count). The Bertz CT molecular complexity index is 869.